The van der Waals surface area contributed by atoms with Crippen LogP contribution in [0.25, 0.3) is 0 Å². The number of hydrogen-bond donors (Lipinski definition) is 1. The SMILES string of the molecule is COC(=O)c1ccc(O)c(Br)c1.COC(=O)c1ccc(OC(C)C)c(Br)c1. The van der Waals surface area contributed by atoms with Crippen molar-refractivity contribution in [2.24, 2.45) is 0 Å². The van der Waals surface area contributed by atoms with E-state index < -0.39 is 5.97 Å². The van der Waals surface area contributed by atoms with Gasteiger partial charge in [-0.25, -0.2) is 9.59 Å². The molecule has 6 nitrogen and oxygen atoms in total. The second-order valence-corrected chi connectivity index (χ2v) is 7.17. The van der Waals surface area contributed by atoms with E-state index in [0.29, 0.717) is 15.6 Å². The lowest BCUT2D eigenvalue weighted by Crippen LogP contribution is -2.07. The molecule has 2 aromatic carbocycles. The Morgan fingerprint density at radius 3 is 1.78 bits per heavy atom. The molecule has 2 aromatic rings. The molecule has 0 aromatic heterocycles. The first-order valence-corrected chi connectivity index (χ1v) is 9.39. The highest BCUT2D eigenvalue weighted by molar-refractivity contribution is 9.10. The summed E-state index contributed by atoms with van der Waals surface area (Å²) in [5, 5.41) is 9.10. The van der Waals surface area contributed by atoms with Crippen molar-refractivity contribution < 1.29 is 28.9 Å². The summed E-state index contributed by atoms with van der Waals surface area (Å²) >= 11 is 6.43. The Morgan fingerprint density at radius 1 is 0.889 bits per heavy atom. The van der Waals surface area contributed by atoms with E-state index in [4.69, 9.17) is 9.84 Å². The summed E-state index contributed by atoms with van der Waals surface area (Å²) in [6, 6.07) is 9.53. The van der Waals surface area contributed by atoms with Crippen LogP contribution in [0, 0.1) is 0 Å². The topological polar surface area (TPSA) is 82.1 Å². The van der Waals surface area contributed by atoms with Crippen LogP contribution >= 0.6 is 31.9 Å². The number of halogens is 2. The fourth-order valence-corrected chi connectivity index (χ4v) is 2.70. The molecule has 0 aliphatic heterocycles. The van der Waals surface area contributed by atoms with Gasteiger partial charge >= 0.3 is 11.9 Å². The summed E-state index contributed by atoms with van der Waals surface area (Å²) < 4.78 is 15.8. The van der Waals surface area contributed by atoms with Gasteiger partial charge in [0.25, 0.3) is 0 Å². The van der Waals surface area contributed by atoms with Crippen LogP contribution in [-0.4, -0.2) is 37.4 Å². The molecule has 0 bridgehead atoms. The minimum atomic E-state index is -0.421. The molecule has 0 fully saturated rings. The summed E-state index contributed by atoms with van der Waals surface area (Å²) in [5.41, 5.74) is 0.905. The van der Waals surface area contributed by atoms with Crippen molar-refractivity contribution in [2.75, 3.05) is 14.2 Å². The number of carbonyl (C=O) groups excluding carboxylic acids is 2. The summed E-state index contributed by atoms with van der Waals surface area (Å²) in [6.07, 6.45) is 0.102. The van der Waals surface area contributed by atoms with Gasteiger partial charge in [-0.2, -0.15) is 0 Å². The van der Waals surface area contributed by atoms with E-state index in [0.717, 1.165) is 10.2 Å². The van der Waals surface area contributed by atoms with Crippen LogP contribution in [0.5, 0.6) is 11.5 Å². The fourth-order valence-electron chi connectivity index (χ4n) is 1.85. The number of benzene rings is 2. The minimum Gasteiger partial charge on any atom is -0.507 e. The Morgan fingerprint density at radius 2 is 1.37 bits per heavy atom. The molecule has 0 unspecified atom stereocenters. The van der Waals surface area contributed by atoms with Crippen molar-refractivity contribution in [1.82, 2.24) is 0 Å². The number of carbonyl (C=O) groups is 2. The lowest BCUT2D eigenvalue weighted by atomic mass is 10.2. The van der Waals surface area contributed by atoms with Crippen molar-refractivity contribution in [2.45, 2.75) is 20.0 Å². The van der Waals surface area contributed by atoms with Gasteiger partial charge in [-0.15, -0.1) is 0 Å². The van der Waals surface area contributed by atoms with Crippen molar-refractivity contribution in [3.63, 3.8) is 0 Å². The lowest BCUT2D eigenvalue weighted by molar-refractivity contribution is 0.0591. The van der Waals surface area contributed by atoms with Crippen LogP contribution in [0.1, 0.15) is 34.6 Å². The third-order valence-corrected chi connectivity index (χ3v) is 4.34. The molecule has 0 spiro atoms. The predicted molar refractivity (Wildman–Crippen MR) is 108 cm³/mol. The molecule has 0 amide bonds. The highest BCUT2D eigenvalue weighted by Gasteiger charge is 2.10. The molecule has 0 aliphatic rings. The number of ether oxygens (including phenoxy) is 3. The fraction of sp³-hybridized carbons (Fsp3) is 0.263. The van der Waals surface area contributed by atoms with Crippen molar-refractivity contribution in [3.8, 4) is 11.5 Å². The van der Waals surface area contributed by atoms with Gasteiger partial charge in [0.2, 0.25) is 0 Å². The van der Waals surface area contributed by atoms with Crippen LogP contribution < -0.4 is 4.74 Å². The van der Waals surface area contributed by atoms with Gasteiger partial charge in [0.15, 0.2) is 0 Å². The molecule has 0 saturated heterocycles. The molecular weight excluding hydrogens is 484 g/mol. The molecule has 0 aliphatic carbocycles. The van der Waals surface area contributed by atoms with Crippen LogP contribution in [0.3, 0.4) is 0 Å². The Hall–Kier alpha value is -2.06. The Bertz CT molecular complexity index is 805. The highest BCUT2D eigenvalue weighted by Crippen LogP contribution is 2.27. The average Bonchev–Trinajstić information content (AvgIpc) is 2.64. The molecule has 0 atom stereocenters. The molecule has 1 N–H and O–H groups in total. The number of esters is 2. The quantitative estimate of drug-likeness (QED) is 0.593. The standard InChI is InChI=1S/C11H13BrO3.C8H7BrO3/c1-7(2)15-10-5-4-8(6-9(10)12)11(13)14-3;1-12-8(11)5-2-3-7(10)6(9)4-5/h4-7H,1-3H3;2-4,10H,1H3. The van der Waals surface area contributed by atoms with E-state index in [1.165, 1.54) is 32.4 Å². The first-order chi connectivity index (χ1) is 12.7. The number of rotatable bonds is 4. The first kappa shape index (κ1) is 23.0. The number of methoxy groups -OCH3 is 2. The first-order valence-electron chi connectivity index (χ1n) is 7.81. The van der Waals surface area contributed by atoms with Crippen LogP contribution in [0.15, 0.2) is 45.3 Å². The molecule has 8 heteroatoms. The van der Waals surface area contributed by atoms with E-state index in [9.17, 15) is 9.59 Å². The number of phenols is 1. The summed E-state index contributed by atoms with van der Waals surface area (Å²) in [7, 11) is 2.66. The third-order valence-electron chi connectivity index (χ3n) is 3.08. The molecule has 0 saturated carbocycles. The van der Waals surface area contributed by atoms with Gasteiger partial charge in [0.1, 0.15) is 11.5 Å². The van der Waals surface area contributed by atoms with Crippen LogP contribution in [0.4, 0.5) is 0 Å². The van der Waals surface area contributed by atoms with Crippen LogP contribution in [-0.2, 0) is 9.47 Å². The van der Waals surface area contributed by atoms with Gasteiger partial charge in [-0.3, -0.25) is 0 Å². The monoisotopic (exact) mass is 502 g/mol. The Labute approximate surface area is 174 Å². The van der Waals surface area contributed by atoms with Gasteiger partial charge in [0, 0.05) is 0 Å². The van der Waals surface area contributed by atoms with Gasteiger partial charge in [-0.05, 0) is 82.1 Å². The third kappa shape index (κ3) is 7.22. The highest BCUT2D eigenvalue weighted by atomic mass is 79.9. The largest absolute Gasteiger partial charge is 0.507 e. The molecule has 146 valence electrons. The van der Waals surface area contributed by atoms with Crippen molar-refractivity contribution in [1.29, 1.82) is 0 Å². The maximum atomic E-state index is 11.2. The minimum absolute atomic E-state index is 0.0997. The van der Waals surface area contributed by atoms with Crippen molar-refractivity contribution >= 4 is 43.8 Å². The van der Waals surface area contributed by atoms with Gasteiger partial charge in [-0.1, -0.05) is 0 Å². The summed E-state index contributed by atoms with van der Waals surface area (Å²) in [4.78, 5) is 22.2. The van der Waals surface area contributed by atoms with E-state index in [2.05, 4.69) is 41.3 Å². The zero-order valence-electron chi connectivity index (χ0n) is 15.3. The molecule has 2 rings (SSSR count). The Balaban J connectivity index is 0.000000277. The molecular formula is C19H20Br2O6. The lowest BCUT2D eigenvalue weighted by Gasteiger charge is -2.11. The molecule has 0 radical (unpaired) electrons. The number of hydrogen-bond acceptors (Lipinski definition) is 6. The summed E-state index contributed by atoms with van der Waals surface area (Å²) in [6.45, 7) is 3.89. The number of phenolic OH excluding ortho intramolecular Hbond substituents is 1. The predicted octanol–water partition coefficient (Wildman–Crippen LogP) is 4.96. The van der Waals surface area contributed by atoms with E-state index in [1.807, 2.05) is 13.8 Å². The molecule has 0 heterocycles. The van der Waals surface area contributed by atoms with Crippen LogP contribution in [0.2, 0.25) is 0 Å². The normalized spacial score (nSPS) is 9.89. The maximum Gasteiger partial charge on any atom is 0.337 e. The average molecular weight is 504 g/mol. The zero-order valence-corrected chi connectivity index (χ0v) is 18.5. The van der Waals surface area contributed by atoms with E-state index in [1.54, 1.807) is 18.2 Å². The Kier molecular flexibility index (Phi) is 9.31. The van der Waals surface area contributed by atoms with Gasteiger partial charge in [0.05, 0.1) is 40.4 Å². The number of aromatic hydroxyl groups is 1. The second-order valence-electron chi connectivity index (χ2n) is 5.46. The second kappa shape index (κ2) is 10.9. The summed E-state index contributed by atoms with van der Waals surface area (Å²) in [5.74, 6) is 0.0443. The van der Waals surface area contributed by atoms with E-state index in [-0.39, 0.29) is 17.8 Å². The zero-order chi connectivity index (χ0) is 20.6. The maximum absolute atomic E-state index is 11.2. The van der Waals surface area contributed by atoms with Gasteiger partial charge < -0.3 is 19.3 Å². The molecule has 27 heavy (non-hydrogen) atoms. The van der Waals surface area contributed by atoms with Crippen molar-refractivity contribution in [3.05, 3.63) is 56.5 Å². The van der Waals surface area contributed by atoms with E-state index >= 15 is 0 Å². The smallest absolute Gasteiger partial charge is 0.337 e.